The molecule has 0 fully saturated rings. The van der Waals surface area contributed by atoms with E-state index in [2.05, 4.69) is 5.32 Å². The van der Waals surface area contributed by atoms with Crippen molar-refractivity contribution in [1.29, 1.82) is 0 Å². The van der Waals surface area contributed by atoms with Crippen LogP contribution in [0, 0.1) is 6.92 Å². The topological polar surface area (TPSA) is 64.6 Å². The fourth-order valence-electron chi connectivity index (χ4n) is 2.66. The van der Waals surface area contributed by atoms with Crippen molar-refractivity contribution >= 4 is 11.7 Å². The van der Waals surface area contributed by atoms with Gasteiger partial charge in [-0.2, -0.15) is 0 Å². The number of benzene rings is 2. The minimum absolute atomic E-state index is 0.223. The van der Waals surface area contributed by atoms with E-state index in [1.807, 2.05) is 6.92 Å². The molecule has 1 amide bonds. The Bertz CT molecular complexity index is 796. The standard InChI is InChI=1S/C20H23NO4/c1-13-14(10-8-12-16(13)24-4)19(23)21-20(2,3)18(22)15-9-6-7-11-17(15)25-5/h6-12H,1-5H3,(H,21,23). The molecule has 2 aromatic rings. The van der Waals surface area contributed by atoms with Gasteiger partial charge in [0.25, 0.3) is 5.91 Å². The summed E-state index contributed by atoms with van der Waals surface area (Å²) in [5.41, 5.74) is 0.530. The molecule has 0 aliphatic rings. The van der Waals surface area contributed by atoms with E-state index >= 15 is 0 Å². The third-order valence-corrected chi connectivity index (χ3v) is 4.09. The molecule has 5 nitrogen and oxygen atoms in total. The molecule has 132 valence electrons. The molecule has 5 heteroatoms. The second-order valence-electron chi connectivity index (χ2n) is 6.24. The van der Waals surface area contributed by atoms with Gasteiger partial charge in [0.05, 0.1) is 25.3 Å². The maximum Gasteiger partial charge on any atom is 0.252 e. The van der Waals surface area contributed by atoms with E-state index in [9.17, 15) is 9.59 Å². The number of carbonyl (C=O) groups is 2. The second-order valence-corrected chi connectivity index (χ2v) is 6.24. The molecule has 2 aromatic carbocycles. The molecule has 1 N–H and O–H groups in total. The Balaban J connectivity index is 2.29. The SMILES string of the molecule is COc1ccccc1C(=O)C(C)(C)NC(=O)c1cccc(OC)c1C. The number of rotatable bonds is 6. The van der Waals surface area contributed by atoms with Gasteiger partial charge in [-0.15, -0.1) is 0 Å². The Morgan fingerprint density at radius 1 is 0.880 bits per heavy atom. The molecule has 0 bridgehead atoms. The van der Waals surface area contributed by atoms with Crippen LogP contribution < -0.4 is 14.8 Å². The summed E-state index contributed by atoms with van der Waals surface area (Å²) in [7, 11) is 3.07. The first-order chi connectivity index (χ1) is 11.8. The monoisotopic (exact) mass is 341 g/mol. The summed E-state index contributed by atoms with van der Waals surface area (Å²) < 4.78 is 10.5. The highest BCUT2D eigenvalue weighted by Gasteiger charge is 2.32. The first kappa shape index (κ1) is 18.5. The highest BCUT2D eigenvalue weighted by atomic mass is 16.5. The van der Waals surface area contributed by atoms with Crippen LogP contribution in [0.2, 0.25) is 0 Å². The maximum absolute atomic E-state index is 12.9. The van der Waals surface area contributed by atoms with Crippen molar-refractivity contribution < 1.29 is 19.1 Å². The number of Topliss-reactive ketones (excluding diaryl/α,β-unsaturated/α-hetero) is 1. The third-order valence-electron chi connectivity index (χ3n) is 4.09. The van der Waals surface area contributed by atoms with Gasteiger partial charge in [-0.1, -0.05) is 18.2 Å². The van der Waals surface area contributed by atoms with Crippen LogP contribution in [0.4, 0.5) is 0 Å². The van der Waals surface area contributed by atoms with Gasteiger partial charge in [0.15, 0.2) is 5.78 Å². The molecule has 0 saturated carbocycles. The first-order valence-corrected chi connectivity index (χ1v) is 7.95. The lowest BCUT2D eigenvalue weighted by molar-refractivity contribution is 0.0795. The van der Waals surface area contributed by atoms with Crippen LogP contribution in [0.25, 0.3) is 0 Å². The molecule has 0 aliphatic heterocycles. The van der Waals surface area contributed by atoms with Crippen molar-refractivity contribution in [3.63, 3.8) is 0 Å². The second kappa shape index (κ2) is 7.38. The smallest absolute Gasteiger partial charge is 0.252 e. The zero-order valence-electron chi connectivity index (χ0n) is 15.2. The fraction of sp³-hybridized carbons (Fsp3) is 0.300. The Labute approximate surface area is 148 Å². The lowest BCUT2D eigenvalue weighted by Crippen LogP contribution is -2.50. The zero-order valence-corrected chi connectivity index (χ0v) is 15.2. The van der Waals surface area contributed by atoms with Gasteiger partial charge in [-0.25, -0.2) is 0 Å². The predicted octanol–water partition coefficient (Wildman–Crippen LogP) is 3.40. The summed E-state index contributed by atoms with van der Waals surface area (Å²) in [4.78, 5) is 25.6. The largest absolute Gasteiger partial charge is 0.496 e. The average Bonchev–Trinajstić information content (AvgIpc) is 2.60. The van der Waals surface area contributed by atoms with Crippen LogP contribution in [-0.2, 0) is 0 Å². The van der Waals surface area contributed by atoms with Crippen molar-refractivity contribution in [2.24, 2.45) is 0 Å². The van der Waals surface area contributed by atoms with E-state index < -0.39 is 5.54 Å². The summed E-state index contributed by atoms with van der Waals surface area (Å²) >= 11 is 0. The van der Waals surface area contributed by atoms with E-state index in [0.717, 1.165) is 5.56 Å². The number of methoxy groups -OCH3 is 2. The number of carbonyl (C=O) groups excluding carboxylic acids is 2. The molecule has 0 radical (unpaired) electrons. The maximum atomic E-state index is 12.9. The highest BCUT2D eigenvalue weighted by molar-refractivity contribution is 6.08. The van der Waals surface area contributed by atoms with E-state index in [1.165, 1.54) is 7.11 Å². The summed E-state index contributed by atoms with van der Waals surface area (Å²) in [6.45, 7) is 5.16. The number of nitrogens with one attached hydrogen (secondary N) is 1. The number of ether oxygens (including phenoxy) is 2. The van der Waals surface area contributed by atoms with Crippen LogP contribution in [0.1, 0.15) is 40.1 Å². The van der Waals surface area contributed by atoms with E-state index in [1.54, 1.807) is 63.4 Å². The number of amides is 1. The molecular weight excluding hydrogens is 318 g/mol. The van der Waals surface area contributed by atoms with Gasteiger partial charge >= 0.3 is 0 Å². The highest BCUT2D eigenvalue weighted by Crippen LogP contribution is 2.25. The molecule has 25 heavy (non-hydrogen) atoms. The van der Waals surface area contributed by atoms with Gasteiger partial charge in [0.1, 0.15) is 11.5 Å². The summed E-state index contributed by atoms with van der Waals surface area (Å²) in [5.74, 6) is 0.553. The minimum Gasteiger partial charge on any atom is -0.496 e. The zero-order chi connectivity index (χ0) is 18.6. The molecular formula is C20H23NO4. The minimum atomic E-state index is -1.10. The molecule has 0 heterocycles. The van der Waals surface area contributed by atoms with Gasteiger partial charge in [0, 0.05) is 11.1 Å². The molecule has 2 rings (SSSR count). The summed E-state index contributed by atoms with van der Waals surface area (Å²) in [6.07, 6.45) is 0. The summed E-state index contributed by atoms with van der Waals surface area (Å²) in [5, 5.41) is 2.81. The number of hydrogen-bond donors (Lipinski definition) is 1. The van der Waals surface area contributed by atoms with Crippen LogP contribution in [0.3, 0.4) is 0 Å². The molecule has 0 aliphatic carbocycles. The molecule has 0 saturated heterocycles. The van der Waals surface area contributed by atoms with Gasteiger partial charge < -0.3 is 14.8 Å². The molecule has 0 aromatic heterocycles. The van der Waals surface area contributed by atoms with Gasteiger partial charge in [-0.05, 0) is 45.0 Å². The van der Waals surface area contributed by atoms with Gasteiger partial charge in [-0.3, -0.25) is 9.59 Å². The van der Waals surface area contributed by atoms with Crippen LogP contribution in [0.5, 0.6) is 11.5 Å². The van der Waals surface area contributed by atoms with Crippen LogP contribution >= 0.6 is 0 Å². The Morgan fingerprint density at radius 3 is 2.08 bits per heavy atom. The van der Waals surface area contributed by atoms with Crippen LogP contribution in [0.15, 0.2) is 42.5 Å². The Morgan fingerprint density at radius 2 is 1.44 bits per heavy atom. The number of hydrogen-bond acceptors (Lipinski definition) is 4. The molecule has 0 atom stereocenters. The predicted molar refractivity (Wildman–Crippen MR) is 96.6 cm³/mol. The van der Waals surface area contributed by atoms with Crippen molar-refractivity contribution in [3.8, 4) is 11.5 Å². The number of ketones is 1. The first-order valence-electron chi connectivity index (χ1n) is 7.95. The average molecular weight is 341 g/mol. The van der Waals surface area contributed by atoms with Crippen molar-refractivity contribution in [1.82, 2.24) is 5.32 Å². The summed E-state index contributed by atoms with van der Waals surface area (Å²) in [6, 6.07) is 12.2. The Hall–Kier alpha value is -2.82. The van der Waals surface area contributed by atoms with E-state index in [0.29, 0.717) is 22.6 Å². The normalized spacial score (nSPS) is 10.9. The third kappa shape index (κ3) is 3.82. The van der Waals surface area contributed by atoms with Crippen LogP contribution in [-0.4, -0.2) is 31.4 Å². The van der Waals surface area contributed by atoms with Gasteiger partial charge in [0.2, 0.25) is 0 Å². The fourth-order valence-corrected chi connectivity index (χ4v) is 2.66. The van der Waals surface area contributed by atoms with Crippen molar-refractivity contribution in [2.75, 3.05) is 14.2 Å². The van der Waals surface area contributed by atoms with E-state index in [4.69, 9.17) is 9.47 Å². The lowest BCUT2D eigenvalue weighted by Gasteiger charge is -2.26. The number of para-hydroxylation sites is 1. The lowest BCUT2D eigenvalue weighted by atomic mass is 9.92. The molecule has 0 unspecified atom stereocenters. The Kier molecular flexibility index (Phi) is 5.47. The quantitative estimate of drug-likeness (QED) is 0.818. The van der Waals surface area contributed by atoms with Crippen molar-refractivity contribution in [2.45, 2.75) is 26.3 Å². The molecule has 0 spiro atoms. The van der Waals surface area contributed by atoms with E-state index in [-0.39, 0.29) is 11.7 Å². The van der Waals surface area contributed by atoms with Crippen molar-refractivity contribution in [3.05, 3.63) is 59.2 Å².